The van der Waals surface area contributed by atoms with Crippen molar-refractivity contribution in [2.45, 2.75) is 31.7 Å². The normalized spacial score (nSPS) is 16.6. The topological polar surface area (TPSA) is 41.3 Å². The summed E-state index contributed by atoms with van der Waals surface area (Å²) in [5.74, 6) is 0. The smallest absolute Gasteiger partial charge is 0.0574 e. The molecule has 0 atom stereocenters. The minimum atomic E-state index is 0.796. The van der Waals surface area contributed by atoms with Crippen LogP contribution >= 0.6 is 0 Å². The Morgan fingerprint density at radius 1 is 1.29 bits per heavy atom. The molecule has 2 rings (SSSR count). The Bertz CT molecular complexity index is 345. The highest BCUT2D eigenvalue weighted by molar-refractivity contribution is 5.65. The number of hydrogen-bond donors (Lipinski definition) is 2. The molecule has 94 valence electrons. The summed E-state index contributed by atoms with van der Waals surface area (Å²) in [5.41, 5.74) is 7.76. The molecular weight excluding hydrogens is 210 g/mol. The molecule has 0 spiro atoms. The Hall–Kier alpha value is -1.22. The summed E-state index contributed by atoms with van der Waals surface area (Å²) in [7, 11) is 2.23. The van der Waals surface area contributed by atoms with Crippen molar-refractivity contribution >= 4 is 11.4 Å². The molecule has 0 aliphatic heterocycles. The van der Waals surface area contributed by atoms with Gasteiger partial charge in [-0.2, -0.15) is 0 Å². The highest BCUT2D eigenvalue weighted by Crippen LogP contribution is 2.22. The molecular formula is C14H23N3. The van der Waals surface area contributed by atoms with Crippen molar-refractivity contribution in [3.8, 4) is 0 Å². The van der Waals surface area contributed by atoms with Crippen LogP contribution in [0.5, 0.6) is 0 Å². The summed E-state index contributed by atoms with van der Waals surface area (Å²) < 4.78 is 0. The summed E-state index contributed by atoms with van der Waals surface area (Å²) in [6.07, 6.45) is 5.52. The van der Waals surface area contributed by atoms with Gasteiger partial charge in [0.25, 0.3) is 0 Å². The number of hydrogen-bond acceptors (Lipinski definition) is 3. The quantitative estimate of drug-likeness (QED) is 0.768. The van der Waals surface area contributed by atoms with Gasteiger partial charge in [-0.25, -0.2) is 0 Å². The molecule has 0 saturated heterocycles. The van der Waals surface area contributed by atoms with E-state index in [-0.39, 0.29) is 0 Å². The van der Waals surface area contributed by atoms with E-state index in [1.807, 2.05) is 24.3 Å². The number of nitrogen functional groups attached to an aromatic ring is 1. The number of para-hydroxylation sites is 2. The van der Waals surface area contributed by atoms with Crippen molar-refractivity contribution in [2.75, 3.05) is 31.2 Å². The zero-order valence-electron chi connectivity index (χ0n) is 10.7. The predicted molar refractivity (Wildman–Crippen MR) is 74.2 cm³/mol. The second-order valence-corrected chi connectivity index (χ2v) is 4.93. The molecule has 0 bridgehead atoms. The third-order valence-corrected chi connectivity index (χ3v) is 3.69. The van der Waals surface area contributed by atoms with Gasteiger partial charge in [0.15, 0.2) is 0 Å². The average molecular weight is 233 g/mol. The summed E-state index contributed by atoms with van der Waals surface area (Å²) in [6.45, 7) is 2.04. The third-order valence-electron chi connectivity index (χ3n) is 3.69. The van der Waals surface area contributed by atoms with E-state index in [0.29, 0.717) is 0 Å². The van der Waals surface area contributed by atoms with Gasteiger partial charge in [-0.15, -0.1) is 0 Å². The van der Waals surface area contributed by atoms with Crippen molar-refractivity contribution in [2.24, 2.45) is 0 Å². The molecule has 1 aliphatic rings. The van der Waals surface area contributed by atoms with Crippen LogP contribution in [0.25, 0.3) is 0 Å². The van der Waals surface area contributed by atoms with Crippen LogP contribution in [0.4, 0.5) is 11.4 Å². The number of nitrogens with two attached hydrogens (primary N) is 1. The van der Waals surface area contributed by atoms with Crippen molar-refractivity contribution in [3.63, 3.8) is 0 Å². The van der Waals surface area contributed by atoms with E-state index in [0.717, 1.165) is 30.5 Å². The Balaban J connectivity index is 1.74. The Morgan fingerprint density at radius 2 is 2.00 bits per heavy atom. The van der Waals surface area contributed by atoms with Gasteiger partial charge < -0.3 is 16.0 Å². The van der Waals surface area contributed by atoms with Gasteiger partial charge in [0.05, 0.1) is 11.4 Å². The second kappa shape index (κ2) is 5.92. The van der Waals surface area contributed by atoms with Gasteiger partial charge in [0.1, 0.15) is 0 Å². The van der Waals surface area contributed by atoms with E-state index in [1.54, 1.807) is 0 Å². The Kier molecular flexibility index (Phi) is 4.26. The molecule has 0 amide bonds. The minimum Gasteiger partial charge on any atom is -0.397 e. The zero-order chi connectivity index (χ0) is 12.1. The van der Waals surface area contributed by atoms with E-state index >= 15 is 0 Å². The number of rotatable bonds is 5. The second-order valence-electron chi connectivity index (χ2n) is 4.93. The lowest BCUT2D eigenvalue weighted by Crippen LogP contribution is -2.33. The molecule has 3 N–H and O–H groups in total. The summed E-state index contributed by atoms with van der Waals surface area (Å²) in [6, 6.07) is 8.74. The molecule has 1 saturated carbocycles. The van der Waals surface area contributed by atoms with Crippen LogP contribution in [0, 0.1) is 0 Å². The number of nitrogens with zero attached hydrogens (tertiary/aromatic N) is 1. The van der Waals surface area contributed by atoms with E-state index < -0.39 is 0 Å². The maximum Gasteiger partial charge on any atom is 0.0574 e. The first-order valence-corrected chi connectivity index (χ1v) is 6.56. The monoisotopic (exact) mass is 233 g/mol. The molecule has 3 heteroatoms. The van der Waals surface area contributed by atoms with Gasteiger partial charge in [0, 0.05) is 19.1 Å². The molecule has 1 aliphatic carbocycles. The van der Waals surface area contributed by atoms with Gasteiger partial charge in [-0.3, -0.25) is 0 Å². The minimum absolute atomic E-state index is 0.796. The zero-order valence-corrected chi connectivity index (χ0v) is 10.7. The maximum absolute atomic E-state index is 5.88. The molecule has 0 radical (unpaired) electrons. The van der Waals surface area contributed by atoms with E-state index in [9.17, 15) is 0 Å². The maximum atomic E-state index is 5.88. The van der Waals surface area contributed by atoms with E-state index in [2.05, 4.69) is 17.3 Å². The Morgan fingerprint density at radius 3 is 2.71 bits per heavy atom. The fraction of sp³-hybridized carbons (Fsp3) is 0.571. The highest BCUT2D eigenvalue weighted by atomic mass is 15.1. The first-order chi connectivity index (χ1) is 8.27. The fourth-order valence-corrected chi connectivity index (χ4v) is 2.55. The molecule has 17 heavy (non-hydrogen) atoms. The van der Waals surface area contributed by atoms with Crippen LogP contribution in [0.1, 0.15) is 25.7 Å². The molecule has 1 fully saturated rings. The molecule has 0 aromatic heterocycles. The predicted octanol–water partition coefficient (Wildman–Crippen LogP) is 2.56. The van der Waals surface area contributed by atoms with Gasteiger partial charge in [0.2, 0.25) is 0 Å². The number of likely N-dealkylation sites (N-methyl/N-ethyl adjacent to an activating group) is 1. The average Bonchev–Trinajstić information content (AvgIpc) is 2.85. The standard InChI is InChI=1S/C14H23N3/c1-17(12-6-2-3-7-12)11-10-16-14-9-5-4-8-13(14)15/h4-5,8-9,12,16H,2-3,6-7,10-11,15H2,1H3. The van der Waals surface area contributed by atoms with Crippen LogP contribution in [0.15, 0.2) is 24.3 Å². The van der Waals surface area contributed by atoms with Crippen molar-refractivity contribution in [3.05, 3.63) is 24.3 Å². The summed E-state index contributed by atoms with van der Waals surface area (Å²) in [4.78, 5) is 2.47. The molecule has 0 unspecified atom stereocenters. The lowest BCUT2D eigenvalue weighted by molar-refractivity contribution is 0.254. The first-order valence-electron chi connectivity index (χ1n) is 6.56. The van der Waals surface area contributed by atoms with E-state index in [4.69, 9.17) is 5.73 Å². The highest BCUT2D eigenvalue weighted by Gasteiger charge is 2.18. The molecule has 0 heterocycles. The lowest BCUT2D eigenvalue weighted by Gasteiger charge is -2.24. The van der Waals surface area contributed by atoms with Gasteiger partial charge in [-0.05, 0) is 32.0 Å². The molecule has 1 aromatic rings. The van der Waals surface area contributed by atoms with Gasteiger partial charge >= 0.3 is 0 Å². The number of nitrogens with one attached hydrogen (secondary N) is 1. The van der Waals surface area contributed by atoms with Crippen LogP contribution in [-0.2, 0) is 0 Å². The van der Waals surface area contributed by atoms with Crippen molar-refractivity contribution in [1.82, 2.24) is 4.90 Å². The summed E-state index contributed by atoms with van der Waals surface area (Å²) in [5, 5.41) is 3.40. The fourth-order valence-electron chi connectivity index (χ4n) is 2.55. The third kappa shape index (κ3) is 3.37. The lowest BCUT2D eigenvalue weighted by atomic mass is 10.2. The van der Waals surface area contributed by atoms with Gasteiger partial charge in [-0.1, -0.05) is 25.0 Å². The van der Waals surface area contributed by atoms with Crippen LogP contribution in [0.3, 0.4) is 0 Å². The number of benzene rings is 1. The SMILES string of the molecule is CN(CCNc1ccccc1N)C1CCCC1. The van der Waals surface area contributed by atoms with Crippen LogP contribution < -0.4 is 11.1 Å². The van der Waals surface area contributed by atoms with E-state index in [1.165, 1.54) is 25.7 Å². The van der Waals surface area contributed by atoms with Crippen LogP contribution in [-0.4, -0.2) is 31.1 Å². The van der Waals surface area contributed by atoms with Crippen LogP contribution in [0.2, 0.25) is 0 Å². The van der Waals surface area contributed by atoms with Crippen molar-refractivity contribution < 1.29 is 0 Å². The largest absolute Gasteiger partial charge is 0.397 e. The summed E-state index contributed by atoms with van der Waals surface area (Å²) >= 11 is 0. The Labute approximate surface area is 104 Å². The molecule has 1 aromatic carbocycles. The van der Waals surface area contributed by atoms with Crippen molar-refractivity contribution in [1.29, 1.82) is 0 Å². The number of anilines is 2. The first kappa shape index (κ1) is 12.2. The molecule has 3 nitrogen and oxygen atoms in total.